The molecule has 2 aromatic rings. The molecule has 0 radical (unpaired) electrons. The minimum Gasteiger partial charge on any atom is -0.357 e. The van der Waals surface area contributed by atoms with Crippen LogP contribution in [0.1, 0.15) is 18.5 Å². The van der Waals surface area contributed by atoms with Gasteiger partial charge in [-0.05, 0) is 37.1 Å². The van der Waals surface area contributed by atoms with Crippen molar-refractivity contribution in [2.45, 2.75) is 30.2 Å². The van der Waals surface area contributed by atoms with Gasteiger partial charge in [0.2, 0.25) is 10.0 Å². The van der Waals surface area contributed by atoms with Crippen LogP contribution in [0.3, 0.4) is 0 Å². The molecule has 1 saturated carbocycles. The maximum absolute atomic E-state index is 14.3. The number of nitrogens with zero attached hydrogens (tertiary/aromatic N) is 1. The summed E-state index contributed by atoms with van der Waals surface area (Å²) in [4.78, 5) is 2.11. The summed E-state index contributed by atoms with van der Waals surface area (Å²) in [6, 6.07) is 6.38. The van der Waals surface area contributed by atoms with Gasteiger partial charge in [0.1, 0.15) is 16.5 Å². The van der Waals surface area contributed by atoms with Gasteiger partial charge in [-0.3, -0.25) is 0 Å². The fraction of sp³-hybridized carbons (Fsp3) is 0.267. The van der Waals surface area contributed by atoms with Crippen LogP contribution in [-0.4, -0.2) is 19.4 Å². The van der Waals surface area contributed by atoms with E-state index in [0.29, 0.717) is 24.6 Å². The number of H-pyrrole nitrogens is 1. The van der Waals surface area contributed by atoms with Gasteiger partial charge in [0.15, 0.2) is 0 Å². The quantitative estimate of drug-likeness (QED) is 0.879. The summed E-state index contributed by atoms with van der Waals surface area (Å²) in [5, 5.41) is 8.62. The van der Waals surface area contributed by atoms with Gasteiger partial charge < -0.3 is 4.98 Å². The highest BCUT2D eigenvalue weighted by Gasteiger charge is 2.30. The van der Waals surface area contributed by atoms with Crippen molar-refractivity contribution in [2.75, 3.05) is 0 Å². The van der Waals surface area contributed by atoms with Crippen molar-refractivity contribution in [3.63, 3.8) is 0 Å². The Morgan fingerprint density at radius 3 is 2.65 bits per heavy atom. The van der Waals surface area contributed by atoms with Crippen LogP contribution in [0.4, 0.5) is 8.78 Å². The number of aromatic nitrogens is 1. The summed E-state index contributed by atoms with van der Waals surface area (Å²) in [5.41, 5.74) is 0.761. The molecule has 1 fully saturated rings. The van der Waals surface area contributed by atoms with E-state index in [1.165, 1.54) is 6.07 Å². The number of nitriles is 1. The number of rotatable bonds is 5. The van der Waals surface area contributed by atoms with Crippen LogP contribution in [0.15, 0.2) is 29.2 Å². The van der Waals surface area contributed by atoms with E-state index in [1.54, 1.807) is 6.07 Å². The first kappa shape index (κ1) is 15.6. The monoisotopic (exact) mass is 337 g/mol. The van der Waals surface area contributed by atoms with Crippen LogP contribution in [0.25, 0.3) is 11.3 Å². The first-order valence-electron chi connectivity index (χ1n) is 6.97. The minimum absolute atomic E-state index is 0.0861. The van der Waals surface area contributed by atoms with E-state index in [4.69, 9.17) is 5.26 Å². The standard InChI is InChI=1S/C15H13F2N3O2S/c16-12-8-15(23(21,22)20-10-1-2-10)13(17)7-11(12)14-4-3-9(19-14)5-6-18/h3-4,7-8,10,19-20H,1-2,5H2. The maximum Gasteiger partial charge on any atom is 0.243 e. The van der Waals surface area contributed by atoms with E-state index in [9.17, 15) is 17.2 Å². The highest BCUT2D eigenvalue weighted by molar-refractivity contribution is 7.89. The maximum atomic E-state index is 14.3. The summed E-state index contributed by atoms with van der Waals surface area (Å²) in [7, 11) is -4.07. The largest absolute Gasteiger partial charge is 0.357 e. The second kappa shape index (κ2) is 5.76. The van der Waals surface area contributed by atoms with Gasteiger partial charge in [0, 0.05) is 23.0 Å². The molecule has 1 aromatic heterocycles. The number of hydrogen-bond donors (Lipinski definition) is 2. The average molecular weight is 337 g/mol. The molecule has 0 unspecified atom stereocenters. The molecule has 0 amide bonds. The predicted octanol–water partition coefficient (Wildman–Crippen LogP) is 2.47. The molecule has 3 rings (SSSR count). The van der Waals surface area contributed by atoms with Gasteiger partial charge in [-0.25, -0.2) is 21.9 Å². The topological polar surface area (TPSA) is 85.8 Å². The van der Waals surface area contributed by atoms with Gasteiger partial charge in [-0.1, -0.05) is 0 Å². The Kier molecular flexibility index (Phi) is 3.92. The van der Waals surface area contributed by atoms with Crippen molar-refractivity contribution in [3.8, 4) is 17.3 Å². The van der Waals surface area contributed by atoms with E-state index in [1.807, 2.05) is 6.07 Å². The fourth-order valence-electron chi connectivity index (χ4n) is 2.21. The van der Waals surface area contributed by atoms with Gasteiger partial charge in [-0.15, -0.1) is 0 Å². The van der Waals surface area contributed by atoms with Crippen molar-refractivity contribution < 1.29 is 17.2 Å². The zero-order valence-electron chi connectivity index (χ0n) is 11.9. The smallest absolute Gasteiger partial charge is 0.243 e. The second-order valence-corrected chi connectivity index (χ2v) is 7.07. The summed E-state index contributed by atoms with van der Waals surface area (Å²) in [5.74, 6) is -1.88. The number of aromatic amines is 1. The molecule has 1 aliphatic carbocycles. The van der Waals surface area contributed by atoms with E-state index in [2.05, 4.69) is 9.71 Å². The molecular weight excluding hydrogens is 324 g/mol. The van der Waals surface area contributed by atoms with Gasteiger partial charge in [-0.2, -0.15) is 5.26 Å². The lowest BCUT2D eigenvalue weighted by Gasteiger charge is -2.09. The third-order valence-electron chi connectivity index (χ3n) is 3.52. The molecule has 0 bridgehead atoms. The molecule has 8 heteroatoms. The third-order valence-corrected chi connectivity index (χ3v) is 5.05. The zero-order chi connectivity index (χ0) is 16.6. The number of benzene rings is 1. The van der Waals surface area contributed by atoms with Crippen LogP contribution in [0.5, 0.6) is 0 Å². The fourth-order valence-corrected chi connectivity index (χ4v) is 3.59. The lowest BCUT2D eigenvalue weighted by Crippen LogP contribution is -2.26. The van der Waals surface area contributed by atoms with Crippen molar-refractivity contribution in [1.82, 2.24) is 9.71 Å². The Morgan fingerprint density at radius 1 is 1.26 bits per heavy atom. The Hall–Kier alpha value is -2.24. The Labute approximate surface area is 132 Å². The van der Waals surface area contributed by atoms with Crippen molar-refractivity contribution in [1.29, 1.82) is 5.26 Å². The van der Waals surface area contributed by atoms with E-state index in [0.717, 1.165) is 6.07 Å². The highest BCUT2D eigenvalue weighted by atomic mass is 32.2. The highest BCUT2D eigenvalue weighted by Crippen LogP contribution is 2.29. The van der Waals surface area contributed by atoms with Crippen LogP contribution >= 0.6 is 0 Å². The molecular formula is C15H13F2N3O2S. The van der Waals surface area contributed by atoms with E-state index < -0.39 is 26.6 Å². The first-order chi connectivity index (χ1) is 10.9. The van der Waals surface area contributed by atoms with Crippen molar-refractivity contribution >= 4 is 10.0 Å². The van der Waals surface area contributed by atoms with E-state index >= 15 is 0 Å². The molecule has 5 nitrogen and oxygen atoms in total. The Bertz CT molecular complexity index is 896. The zero-order valence-corrected chi connectivity index (χ0v) is 12.8. The molecule has 2 N–H and O–H groups in total. The van der Waals surface area contributed by atoms with Crippen LogP contribution in [0, 0.1) is 23.0 Å². The van der Waals surface area contributed by atoms with E-state index in [-0.39, 0.29) is 23.7 Å². The second-order valence-electron chi connectivity index (χ2n) is 5.39. The van der Waals surface area contributed by atoms with Crippen LogP contribution in [-0.2, 0) is 16.4 Å². The molecule has 23 heavy (non-hydrogen) atoms. The first-order valence-corrected chi connectivity index (χ1v) is 8.45. The van der Waals surface area contributed by atoms with Crippen molar-refractivity contribution in [3.05, 3.63) is 41.6 Å². The molecule has 1 aromatic carbocycles. The Balaban J connectivity index is 1.98. The molecule has 0 atom stereocenters. The number of hydrogen-bond acceptors (Lipinski definition) is 3. The summed E-state index contributed by atoms with van der Waals surface area (Å²) < 4.78 is 54.8. The van der Waals surface area contributed by atoms with Crippen LogP contribution in [0.2, 0.25) is 0 Å². The lowest BCUT2D eigenvalue weighted by molar-refractivity contribution is 0.546. The SMILES string of the molecule is N#CCc1ccc(-c2cc(F)c(S(=O)(=O)NC3CC3)cc2F)[nH]1. The van der Waals surface area contributed by atoms with Gasteiger partial charge in [0.25, 0.3) is 0 Å². The summed E-state index contributed by atoms with van der Waals surface area (Å²) in [6.45, 7) is 0. The molecule has 1 heterocycles. The number of sulfonamides is 1. The average Bonchev–Trinajstić information content (AvgIpc) is 3.16. The molecule has 0 spiro atoms. The number of nitrogens with one attached hydrogen (secondary N) is 2. The van der Waals surface area contributed by atoms with Crippen molar-refractivity contribution in [2.24, 2.45) is 0 Å². The summed E-state index contributed by atoms with van der Waals surface area (Å²) in [6.07, 6.45) is 1.51. The molecule has 120 valence electrons. The minimum atomic E-state index is -4.07. The van der Waals surface area contributed by atoms with Gasteiger partial charge in [0.05, 0.1) is 12.5 Å². The normalized spacial score (nSPS) is 14.7. The van der Waals surface area contributed by atoms with Gasteiger partial charge >= 0.3 is 0 Å². The summed E-state index contributed by atoms with van der Waals surface area (Å²) >= 11 is 0. The molecule has 1 aliphatic rings. The number of halogens is 2. The van der Waals surface area contributed by atoms with Crippen LogP contribution < -0.4 is 4.72 Å². The predicted molar refractivity (Wildman–Crippen MR) is 78.8 cm³/mol. The molecule has 0 saturated heterocycles. The molecule has 0 aliphatic heterocycles. The Morgan fingerprint density at radius 2 is 2.00 bits per heavy atom. The third kappa shape index (κ3) is 3.25. The lowest BCUT2D eigenvalue weighted by atomic mass is 10.1.